The van der Waals surface area contributed by atoms with Crippen molar-refractivity contribution in [2.45, 2.75) is 12.0 Å². The molecule has 1 atom stereocenters. The van der Waals surface area contributed by atoms with Crippen LogP contribution < -0.4 is 14.4 Å². The number of aliphatic hydroxyl groups is 1. The van der Waals surface area contributed by atoms with E-state index in [1.54, 1.807) is 42.5 Å². The first-order valence-corrected chi connectivity index (χ1v) is 8.55. The first-order chi connectivity index (χ1) is 13.0. The molecule has 6 nitrogen and oxygen atoms in total. The summed E-state index contributed by atoms with van der Waals surface area (Å²) in [5.74, 6) is 2.50. The average Bonchev–Trinajstić information content (AvgIpc) is 2.90. The molecule has 2 aliphatic rings. The molecule has 0 aromatic heterocycles. The lowest BCUT2D eigenvalue weighted by molar-refractivity contribution is -0.135. The molecule has 4 rings (SSSR count). The first-order valence-electron chi connectivity index (χ1n) is 8.55. The Morgan fingerprint density at radius 3 is 2.70 bits per heavy atom. The van der Waals surface area contributed by atoms with E-state index < -0.39 is 11.5 Å². The maximum Gasteiger partial charge on any atom is 0.265 e. The van der Waals surface area contributed by atoms with Crippen LogP contribution in [0.2, 0.25) is 0 Å². The molecule has 1 unspecified atom stereocenters. The Labute approximate surface area is 156 Å². The normalized spacial score (nSPS) is 20.1. The number of carbonyl (C=O) groups excluding carboxylic acids is 2. The lowest BCUT2D eigenvalue weighted by Crippen LogP contribution is -2.42. The number of anilines is 1. The summed E-state index contributed by atoms with van der Waals surface area (Å²) in [6.45, 7) is 0.883. The van der Waals surface area contributed by atoms with Gasteiger partial charge in [-0.2, -0.15) is 0 Å². The fourth-order valence-electron chi connectivity index (χ4n) is 3.48. The van der Waals surface area contributed by atoms with Crippen molar-refractivity contribution in [3.63, 3.8) is 0 Å². The summed E-state index contributed by atoms with van der Waals surface area (Å²) in [7, 11) is 0. The minimum absolute atomic E-state index is 0.0242. The van der Waals surface area contributed by atoms with E-state index >= 15 is 0 Å². The van der Waals surface area contributed by atoms with Crippen molar-refractivity contribution < 1.29 is 24.2 Å². The largest absolute Gasteiger partial charge is 0.486 e. The number of para-hydroxylation sites is 1. The Morgan fingerprint density at radius 2 is 1.93 bits per heavy atom. The molecule has 2 aromatic rings. The summed E-state index contributed by atoms with van der Waals surface area (Å²) in [5.41, 5.74) is -0.694. The van der Waals surface area contributed by atoms with Gasteiger partial charge in [-0.05, 0) is 24.3 Å². The predicted octanol–water partition coefficient (Wildman–Crippen LogP) is 1.90. The highest BCUT2D eigenvalue weighted by Crippen LogP contribution is 2.43. The molecule has 136 valence electrons. The second-order valence-electron chi connectivity index (χ2n) is 6.43. The lowest BCUT2D eigenvalue weighted by atomic mass is 9.88. The highest BCUT2D eigenvalue weighted by atomic mass is 16.6. The molecule has 0 radical (unpaired) electrons. The third kappa shape index (κ3) is 2.73. The van der Waals surface area contributed by atoms with Crippen molar-refractivity contribution in [3.8, 4) is 23.8 Å². The summed E-state index contributed by atoms with van der Waals surface area (Å²) in [5, 5.41) is 11.1. The molecule has 27 heavy (non-hydrogen) atoms. The van der Waals surface area contributed by atoms with E-state index in [0.717, 1.165) is 0 Å². The standard InChI is InChI=1S/C21H17NO5/c1-2-9-22-16-6-4-3-5-15(16)21(25,20(22)24)13-17(23)14-7-8-18-19(12-14)27-11-10-26-18/h1,3-8,12,25H,9-11,13H2. The number of ketones is 1. The van der Waals surface area contributed by atoms with Crippen LogP contribution in [-0.4, -0.2) is 36.6 Å². The van der Waals surface area contributed by atoms with Gasteiger partial charge in [0.15, 0.2) is 22.9 Å². The van der Waals surface area contributed by atoms with Crippen molar-refractivity contribution in [3.05, 3.63) is 53.6 Å². The highest BCUT2D eigenvalue weighted by Gasteiger charge is 2.50. The number of hydrogen-bond acceptors (Lipinski definition) is 5. The van der Waals surface area contributed by atoms with E-state index in [9.17, 15) is 14.7 Å². The molecule has 6 heteroatoms. The second kappa shape index (κ2) is 6.45. The summed E-state index contributed by atoms with van der Waals surface area (Å²) in [6.07, 6.45) is 4.97. The highest BCUT2D eigenvalue weighted by molar-refractivity contribution is 6.11. The number of Topliss-reactive ketones (excluding diaryl/α,β-unsaturated/α-hetero) is 1. The number of benzene rings is 2. The Balaban J connectivity index is 1.66. The van der Waals surface area contributed by atoms with Crippen LogP contribution in [-0.2, 0) is 10.4 Å². The van der Waals surface area contributed by atoms with Crippen LogP contribution in [0.1, 0.15) is 22.3 Å². The molecule has 0 aliphatic carbocycles. The van der Waals surface area contributed by atoms with Gasteiger partial charge in [0.25, 0.3) is 5.91 Å². The van der Waals surface area contributed by atoms with Crippen molar-refractivity contribution in [2.75, 3.05) is 24.7 Å². The maximum atomic E-state index is 12.9. The van der Waals surface area contributed by atoms with Crippen LogP contribution in [0.15, 0.2) is 42.5 Å². The molecule has 1 N–H and O–H groups in total. The Hall–Kier alpha value is -3.30. The summed E-state index contributed by atoms with van der Waals surface area (Å²) in [4.78, 5) is 27.0. The third-order valence-electron chi connectivity index (χ3n) is 4.77. The minimum Gasteiger partial charge on any atom is -0.486 e. The van der Waals surface area contributed by atoms with E-state index in [1.807, 2.05) is 0 Å². The molecule has 0 spiro atoms. The van der Waals surface area contributed by atoms with Crippen LogP contribution in [0.5, 0.6) is 11.5 Å². The number of hydrogen-bond donors (Lipinski definition) is 1. The van der Waals surface area contributed by atoms with Crippen LogP contribution in [0, 0.1) is 12.3 Å². The van der Waals surface area contributed by atoms with Crippen LogP contribution in [0.3, 0.4) is 0 Å². The number of nitrogens with zero attached hydrogens (tertiary/aromatic N) is 1. The smallest absolute Gasteiger partial charge is 0.265 e. The van der Waals surface area contributed by atoms with Gasteiger partial charge in [-0.25, -0.2) is 0 Å². The molecule has 2 aromatic carbocycles. The van der Waals surface area contributed by atoms with Gasteiger partial charge in [-0.3, -0.25) is 14.5 Å². The van der Waals surface area contributed by atoms with Crippen LogP contribution in [0.4, 0.5) is 5.69 Å². The van der Waals surface area contributed by atoms with Gasteiger partial charge in [0.2, 0.25) is 0 Å². The van der Waals surface area contributed by atoms with Gasteiger partial charge < -0.3 is 14.6 Å². The molecule has 0 saturated carbocycles. The zero-order chi connectivity index (χ0) is 19.0. The first kappa shape index (κ1) is 17.1. The minimum atomic E-state index is -1.95. The lowest BCUT2D eigenvalue weighted by Gasteiger charge is -2.22. The summed E-state index contributed by atoms with van der Waals surface area (Å²) in [6, 6.07) is 11.6. The Kier molecular flexibility index (Phi) is 4.09. The van der Waals surface area contributed by atoms with E-state index in [4.69, 9.17) is 15.9 Å². The van der Waals surface area contributed by atoms with E-state index in [2.05, 4.69) is 5.92 Å². The van der Waals surface area contributed by atoms with Crippen molar-refractivity contribution in [1.82, 2.24) is 0 Å². The third-order valence-corrected chi connectivity index (χ3v) is 4.77. The fourth-order valence-corrected chi connectivity index (χ4v) is 3.48. The maximum absolute atomic E-state index is 12.9. The molecule has 1 amide bonds. The van der Waals surface area contributed by atoms with Crippen molar-refractivity contribution in [1.29, 1.82) is 0 Å². The van der Waals surface area contributed by atoms with Crippen LogP contribution >= 0.6 is 0 Å². The number of ether oxygens (including phenoxy) is 2. The molecule has 0 saturated heterocycles. The van der Waals surface area contributed by atoms with E-state index in [0.29, 0.717) is 41.5 Å². The Morgan fingerprint density at radius 1 is 1.19 bits per heavy atom. The topological polar surface area (TPSA) is 76.1 Å². The summed E-state index contributed by atoms with van der Waals surface area (Å²) < 4.78 is 10.9. The number of carbonyl (C=O) groups is 2. The van der Waals surface area contributed by atoms with Crippen molar-refractivity contribution in [2.24, 2.45) is 0 Å². The van der Waals surface area contributed by atoms with E-state index in [-0.39, 0.29) is 18.7 Å². The van der Waals surface area contributed by atoms with Gasteiger partial charge in [-0.15, -0.1) is 6.42 Å². The van der Waals surface area contributed by atoms with Gasteiger partial charge in [0.1, 0.15) is 13.2 Å². The summed E-state index contributed by atoms with van der Waals surface area (Å²) >= 11 is 0. The molecule has 2 heterocycles. The van der Waals surface area contributed by atoms with E-state index in [1.165, 1.54) is 4.90 Å². The van der Waals surface area contributed by atoms with Gasteiger partial charge in [-0.1, -0.05) is 24.1 Å². The Bertz CT molecular complexity index is 977. The molecule has 0 fully saturated rings. The zero-order valence-electron chi connectivity index (χ0n) is 14.5. The molecule has 2 aliphatic heterocycles. The fraction of sp³-hybridized carbons (Fsp3) is 0.238. The van der Waals surface area contributed by atoms with Crippen LogP contribution in [0.25, 0.3) is 0 Å². The SMILES string of the molecule is C#CCN1C(=O)C(O)(CC(=O)c2ccc3c(c2)OCCO3)c2ccccc21. The molecule has 0 bridgehead atoms. The zero-order valence-corrected chi connectivity index (χ0v) is 14.5. The van der Waals surface area contributed by atoms with Gasteiger partial charge in [0.05, 0.1) is 18.7 Å². The van der Waals surface area contributed by atoms with Crippen molar-refractivity contribution >= 4 is 17.4 Å². The van der Waals surface area contributed by atoms with Gasteiger partial charge >= 0.3 is 0 Å². The molecular formula is C21H17NO5. The predicted molar refractivity (Wildman–Crippen MR) is 97.9 cm³/mol. The number of fused-ring (bicyclic) bond motifs is 2. The quantitative estimate of drug-likeness (QED) is 0.663. The van der Waals surface area contributed by atoms with Gasteiger partial charge in [0, 0.05) is 11.1 Å². The number of amides is 1. The average molecular weight is 363 g/mol. The second-order valence-corrected chi connectivity index (χ2v) is 6.43. The molecular weight excluding hydrogens is 346 g/mol. The number of terminal acetylenes is 1. The monoisotopic (exact) mass is 363 g/mol. The number of rotatable bonds is 4.